The Morgan fingerprint density at radius 1 is 1.35 bits per heavy atom. The van der Waals surface area contributed by atoms with E-state index in [9.17, 15) is 9.00 Å². The number of hydrogen-bond acceptors (Lipinski definition) is 2. The highest BCUT2D eigenvalue weighted by atomic mass is 32.2. The average molecular weight is 337 g/mol. The second-order valence-corrected chi connectivity index (χ2v) is 9.20. The maximum absolute atomic E-state index is 12.3. The van der Waals surface area contributed by atoms with Crippen molar-refractivity contribution < 1.29 is 9.00 Å². The van der Waals surface area contributed by atoms with Crippen molar-refractivity contribution in [3.63, 3.8) is 0 Å². The normalized spacial score (nSPS) is 17.3. The van der Waals surface area contributed by atoms with Gasteiger partial charge in [0.25, 0.3) is 0 Å². The summed E-state index contributed by atoms with van der Waals surface area (Å²) in [7, 11) is -0.914. The first kappa shape index (κ1) is 18.0. The highest BCUT2D eigenvalue weighted by molar-refractivity contribution is 7.84. The van der Waals surface area contributed by atoms with Crippen LogP contribution in [0.4, 0.5) is 4.79 Å². The lowest BCUT2D eigenvalue weighted by atomic mass is 9.84. The molecule has 1 aromatic carbocycles. The van der Waals surface area contributed by atoms with E-state index in [1.165, 1.54) is 16.7 Å². The quantitative estimate of drug-likeness (QED) is 0.923. The van der Waals surface area contributed by atoms with Gasteiger partial charge < -0.3 is 10.2 Å². The summed E-state index contributed by atoms with van der Waals surface area (Å²) in [6.45, 7) is 10.3. The minimum Gasteiger partial charge on any atom is -0.337 e. The zero-order chi connectivity index (χ0) is 17.2. The molecule has 1 N–H and O–H groups in total. The molecule has 1 heterocycles. The van der Waals surface area contributed by atoms with Gasteiger partial charge >= 0.3 is 6.03 Å². The van der Waals surface area contributed by atoms with Crippen molar-refractivity contribution in [2.75, 3.05) is 19.3 Å². The van der Waals surface area contributed by atoms with E-state index in [1.54, 1.807) is 6.26 Å². The van der Waals surface area contributed by atoms with E-state index < -0.39 is 10.8 Å². The highest BCUT2D eigenvalue weighted by Gasteiger charge is 2.23. The summed E-state index contributed by atoms with van der Waals surface area (Å²) >= 11 is 0. The smallest absolute Gasteiger partial charge is 0.317 e. The Morgan fingerprint density at radius 3 is 2.65 bits per heavy atom. The number of carbonyl (C=O) groups is 1. The minimum absolute atomic E-state index is 0.0245. The Bertz CT molecular complexity index is 608. The molecule has 2 amide bonds. The molecule has 2 rings (SSSR count). The Labute approximate surface area is 142 Å². The Hall–Kier alpha value is -1.36. The van der Waals surface area contributed by atoms with Crippen LogP contribution >= 0.6 is 0 Å². The van der Waals surface area contributed by atoms with Gasteiger partial charge in [0.05, 0.1) is 0 Å². The first-order valence-electron chi connectivity index (χ1n) is 8.16. The predicted octanol–water partition coefficient (Wildman–Crippen LogP) is 2.82. The summed E-state index contributed by atoms with van der Waals surface area (Å²) in [5.41, 5.74) is 3.99. The number of amides is 2. The molecule has 0 radical (unpaired) electrons. The topological polar surface area (TPSA) is 49.4 Å². The zero-order valence-electron chi connectivity index (χ0n) is 14.8. The number of nitrogens with one attached hydrogen (secondary N) is 1. The predicted molar refractivity (Wildman–Crippen MR) is 96.2 cm³/mol. The van der Waals surface area contributed by atoms with Crippen molar-refractivity contribution in [2.45, 2.75) is 51.3 Å². The number of carbonyl (C=O) groups excluding carboxylic acids is 1. The molecule has 1 aliphatic heterocycles. The van der Waals surface area contributed by atoms with Gasteiger partial charge in [-0.15, -0.1) is 0 Å². The number of benzene rings is 1. The SMILES string of the molecule is C[C@@H](CNC(=O)N1CCc2ccc(C(C)(C)C)cc2C1)[S@@](C)=O. The molecule has 0 aromatic heterocycles. The Kier molecular flexibility index (Phi) is 5.50. The van der Waals surface area contributed by atoms with Gasteiger partial charge in [0.1, 0.15) is 0 Å². The number of hydrogen-bond donors (Lipinski definition) is 1. The molecular formula is C18H28N2O2S. The van der Waals surface area contributed by atoms with E-state index >= 15 is 0 Å². The van der Waals surface area contributed by atoms with Gasteiger partial charge in [-0.05, 0) is 35.4 Å². The largest absolute Gasteiger partial charge is 0.337 e. The van der Waals surface area contributed by atoms with Crippen LogP contribution in [0.25, 0.3) is 0 Å². The summed E-state index contributed by atoms with van der Waals surface area (Å²) in [6, 6.07) is 6.58. The molecule has 0 spiro atoms. The maximum Gasteiger partial charge on any atom is 0.317 e. The van der Waals surface area contributed by atoms with E-state index in [1.807, 2.05) is 11.8 Å². The number of rotatable bonds is 3. The van der Waals surface area contributed by atoms with Crippen LogP contribution in [0, 0.1) is 0 Å². The molecule has 0 aliphatic carbocycles. The first-order valence-corrected chi connectivity index (χ1v) is 9.78. The van der Waals surface area contributed by atoms with Gasteiger partial charge in [-0.2, -0.15) is 0 Å². The fraction of sp³-hybridized carbons (Fsp3) is 0.611. The van der Waals surface area contributed by atoms with Crippen LogP contribution in [0.1, 0.15) is 44.4 Å². The number of urea groups is 1. The molecule has 2 atom stereocenters. The molecule has 128 valence electrons. The molecule has 0 unspecified atom stereocenters. The molecule has 0 saturated heterocycles. The molecule has 1 aliphatic rings. The van der Waals surface area contributed by atoms with Crippen LogP contribution in [0.2, 0.25) is 0 Å². The lowest BCUT2D eigenvalue weighted by Crippen LogP contribution is -2.45. The molecule has 0 fully saturated rings. The second-order valence-electron chi connectivity index (χ2n) is 7.40. The first-order chi connectivity index (χ1) is 10.7. The van der Waals surface area contributed by atoms with E-state index in [4.69, 9.17) is 0 Å². The lowest BCUT2D eigenvalue weighted by molar-refractivity contribution is 0.192. The van der Waals surface area contributed by atoms with Crippen LogP contribution in [0.5, 0.6) is 0 Å². The second kappa shape index (κ2) is 7.04. The fourth-order valence-electron chi connectivity index (χ4n) is 2.66. The van der Waals surface area contributed by atoms with E-state index in [2.05, 4.69) is 44.3 Å². The van der Waals surface area contributed by atoms with Crippen LogP contribution in [0.3, 0.4) is 0 Å². The third-order valence-electron chi connectivity index (χ3n) is 4.48. The highest BCUT2D eigenvalue weighted by Crippen LogP contribution is 2.27. The van der Waals surface area contributed by atoms with Crippen LogP contribution in [-0.4, -0.2) is 39.7 Å². The summed E-state index contributed by atoms with van der Waals surface area (Å²) in [4.78, 5) is 14.2. The standard InChI is InChI=1S/C18H28N2O2S/c1-13(23(5)22)11-19-17(21)20-9-8-14-6-7-16(18(2,3)4)10-15(14)12-20/h6-7,10,13H,8-9,11-12H2,1-5H3,(H,19,21)/t13-,23+/m0/s1. The van der Waals surface area contributed by atoms with E-state index in [0.717, 1.165) is 13.0 Å². The van der Waals surface area contributed by atoms with Crippen molar-refractivity contribution in [2.24, 2.45) is 0 Å². The van der Waals surface area contributed by atoms with Gasteiger partial charge in [-0.3, -0.25) is 4.21 Å². The lowest BCUT2D eigenvalue weighted by Gasteiger charge is -2.31. The molecular weight excluding hydrogens is 308 g/mol. The van der Waals surface area contributed by atoms with Crippen molar-refractivity contribution in [3.05, 3.63) is 34.9 Å². The monoisotopic (exact) mass is 336 g/mol. The number of nitrogens with zero attached hydrogens (tertiary/aromatic N) is 1. The van der Waals surface area contributed by atoms with Gasteiger partial charge in [0.2, 0.25) is 0 Å². The molecule has 0 bridgehead atoms. The zero-order valence-corrected chi connectivity index (χ0v) is 15.6. The van der Waals surface area contributed by atoms with Crippen molar-refractivity contribution in [1.29, 1.82) is 0 Å². The van der Waals surface area contributed by atoms with E-state index in [-0.39, 0.29) is 16.7 Å². The van der Waals surface area contributed by atoms with Crippen LogP contribution in [0.15, 0.2) is 18.2 Å². The van der Waals surface area contributed by atoms with Crippen molar-refractivity contribution >= 4 is 16.8 Å². The maximum atomic E-state index is 12.3. The van der Waals surface area contributed by atoms with Crippen molar-refractivity contribution in [3.8, 4) is 0 Å². The molecule has 4 nitrogen and oxygen atoms in total. The number of fused-ring (bicyclic) bond motifs is 1. The molecule has 5 heteroatoms. The third-order valence-corrected chi connectivity index (χ3v) is 5.78. The van der Waals surface area contributed by atoms with E-state index in [0.29, 0.717) is 13.1 Å². The van der Waals surface area contributed by atoms with Crippen LogP contribution in [-0.2, 0) is 29.2 Å². The van der Waals surface area contributed by atoms with Crippen LogP contribution < -0.4 is 5.32 Å². The third kappa shape index (κ3) is 4.56. The van der Waals surface area contributed by atoms with Crippen molar-refractivity contribution in [1.82, 2.24) is 10.2 Å². The molecule has 23 heavy (non-hydrogen) atoms. The fourth-order valence-corrected chi connectivity index (χ4v) is 2.98. The van der Waals surface area contributed by atoms with Gasteiger partial charge in [0.15, 0.2) is 0 Å². The Balaban J connectivity index is 2.04. The summed E-state index contributed by atoms with van der Waals surface area (Å²) in [6.07, 6.45) is 2.56. The van der Waals surface area contributed by atoms with Gasteiger partial charge in [-0.25, -0.2) is 4.79 Å². The summed E-state index contributed by atoms with van der Waals surface area (Å²) in [5.74, 6) is 0. The molecule has 0 saturated carbocycles. The van der Waals surface area contributed by atoms with Gasteiger partial charge in [-0.1, -0.05) is 39.0 Å². The summed E-state index contributed by atoms with van der Waals surface area (Å²) in [5, 5.41) is 2.88. The minimum atomic E-state index is -0.914. The summed E-state index contributed by atoms with van der Waals surface area (Å²) < 4.78 is 11.4. The Morgan fingerprint density at radius 2 is 2.04 bits per heavy atom. The molecule has 1 aromatic rings. The van der Waals surface area contributed by atoms with Gasteiger partial charge in [0, 0.05) is 41.9 Å². The average Bonchev–Trinajstić information content (AvgIpc) is 2.50.